The molecule has 0 aliphatic carbocycles. The molecule has 2 aliphatic rings. The summed E-state index contributed by atoms with van der Waals surface area (Å²) in [4.78, 5) is 17.3. The van der Waals surface area contributed by atoms with Crippen LogP contribution in [0.2, 0.25) is 0 Å². The van der Waals surface area contributed by atoms with Crippen molar-refractivity contribution >= 4 is 7.82 Å². The van der Waals surface area contributed by atoms with Gasteiger partial charge in [0.25, 0.3) is 0 Å². The first-order valence-corrected chi connectivity index (χ1v) is 7.86. The minimum absolute atomic E-state index is 0.0953. The molecule has 116 valence electrons. The first-order chi connectivity index (χ1) is 9.57. The Balaban J connectivity index is 1.95. The largest absolute Gasteiger partial charge is 0.494 e. The van der Waals surface area contributed by atoms with Crippen LogP contribution in [0.1, 0.15) is 25.0 Å². The monoisotopic (exact) mass is 317 g/mol. The van der Waals surface area contributed by atoms with E-state index in [9.17, 15) is 14.8 Å². The minimum Gasteiger partial charge on any atom is -0.494 e. The van der Waals surface area contributed by atoms with Crippen molar-refractivity contribution in [3.63, 3.8) is 0 Å². The molecule has 0 fully saturated rings. The number of phosphoric ester groups is 1. The Morgan fingerprint density at radius 3 is 2.10 bits per heavy atom. The molecule has 0 amide bonds. The van der Waals surface area contributed by atoms with Gasteiger partial charge in [-0.15, -0.1) is 0 Å². The molecule has 2 aliphatic heterocycles. The zero-order valence-corrected chi connectivity index (χ0v) is 12.4. The van der Waals surface area contributed by atoms with E-state index >= 15 is 0 Å². The second-order valence-corrected chi connectivity index (χ2v) is 6.76. The second kappa shape index (κ2) is 4.12. The Kier molecular flexibility index (Phi) is 2.87. The van der Waals surface area contributed by atoms with Gasteiger partial charge in [0, 0.05) is 0 Å². The number of aromatic nitrogens is 1. The van der Waals surface area contributed by atoms with E-state index in [-0.39, 0.29) is 24.9 Å². The molecule has 1 aromatic rings. The molecule has 0 saturated carbocycles. The van der Waals surface area contributed by atoms with Gasteiger partial charge in [0.15, 0.2) is 0 Å². The average molecular weight is 317 g/mol. The van der Waals surface area contributed by atoms with E-state index in [1.54, 1.807) is 13.8 Å². The van der Waals surface area contributed by atoms with Gasteiger partial charge in [-0.25, -0.2) is 4.57 Å². The summed E-state index contributed by atoms with van der Waals surface area (Å²) in [5, 5.41) is 20.6. The highest BCUT2D eigenvalue weighted by molar-refractivity contribution is 7.46. The molecule has 2 atom stereocenters. The molecule has 8 nitrogen and oxygen atoms in total. The fourth-order valence-electron chi connectivity index (χ4n) is 3.09. The molecule has 3 heterocycles. The smallest absolute Gasteiger partial charge is 0.469 e. The van der Waals surface area contributed by atoms with Gasteiger partial charge in [-0.2, -0.15) is 0 Å². The second-order valence-electron chi connectivity index (χ2n) is 5.52. The lowest BCUT2D eigenvalue weighted by Crippen LogP contribution is -2.19. The third-order valence-corrected chi connectivity index (χ3v) is 4.44. The summed E-state index contributed by atoms with van der Waals surface area (Å²) in [6, 6.07) is 0. The molecular formula is C12H16NO7P. The van der Waals surface area contributed by atoms with Gasteiger partial charge in [0.2, 0.25) is 11.8 Å². The number of hydrogen-bond acceptors (Lipinski definition) is 5. The fourth-order valence-corrected chi connectivity index (χ4v) is 3.41. The number of ether oxygens (including phenoxy) is 1. The van der Waals surface area contributed by atoms with Gasteiger partial charge < -0.3 is 24.7 Å². The van der Waals surface area contributed by atoms with Crippen LogP contribution in [0.4, 0.5) is 0 Å². The van der Waals surface area contributed by atoms with Crippen molar-refractivity contribution in [3.05, 3.63) is 23.3 Å². The summed E-state index contributed by atoms with van der Waals surface area (Å²) >= 11 is 0. The van der Waals surface area contributed by atoms with E-state index in [0.717, 1.165) is 4.57 Å². The quantitative estimate of drug-likeness (QED) is 0.483. The summed E-state index contributed by atoms with van der Waals surface area (Å²) in [5.74, 6) is -0.375. The molecule has 3 rings (SSSR count). The highest BCUT2D eigenvalue weighted by Gasteiger charge is 2.56. The van der Waals surface area contributed by atoms with Crippen molar-refractivity contribution in [2.75, 3.05) is 6.61 Å². The van der Waals surface area contributed by atoms with Crippen LogP contribution in [0.25, 0.3) is 0 Å². The Labute approximate surface area is 120 Å². The summed E-state index contributed by atoms with van der Waals surface area (Å²) in [5.41, 5.74) is -0.690. The molecule has 2 unspecified atom stereocenters. The van der Waals surface area contributed by atoms with Gasteiger partial charge in [-0.05, 0) is 26.0 Å². The predicted octanol–water partition coefficient (Wildman–Crippen LogP) is 1.04. The number of fused-ring (bicyclic) bond motifs is 5. The van der Waals surface area contributed by atoms with Crippen molar-refractivity contribution in [2.45, 2.75) is 31.6 Å². The molecule has 0 radical (unpaired) electrons. The predicted molar refractivity (Wildman–Crippen MR) is 70.7 cm³/mol. The summed E-state index contributed by atoms with van der Waals surface area (Å²) in [6.07, 6.45) is 3.62. The first-order valence-electron chi connectivity index (χ1n) is 6.33. The van der Waals surface area contributed by atoms with Gasteiger partial charge in [-0.3, -0.25) is 9.09 Å². The van der Waals surface area contributed by atoms with Crippen molar-refractivity contribution in [1.82, 2.24) is 4.57 Å². The topological polar surface area (TPSA) is 121 Å². The molecule has 0 saturated heterocycles. The third kappa shape index (κ3) is 2.03. The van der Waals surface area contributed by atoms with Gasteiger partial charge in [-0.1, -0.05) is 0 Å². The van der Waals surface area contributed by atoms with Crippen LogP contribution in [0.5, 0.6) is 11.8 Å². The molecule has 1 aromatic heterocycles. The fraction of sp³-hybridized carbons (Fsp3) is 0.500. The zero-order valence-electron chi connectivity index (χ0n) is 11.5. The van der Waals surface area contributed by atoms with E-state index in [2.05, 4.69) is 4.52 Å². The molecule has 2 bridgehead atoms. The molecule has 21 heavy (non-hydrogen) atoms. The Morgan fingerprint density at radius 2 is 1.67 bits per heavy atom. The van der Waals surface area contributed by atoms with E-state index in [1.165, 1.54) is 0 Å². The third-order valence-electron chi connectivity index (χ3n) is 3.92. The summed E-state index contributed by atoms with van der Waals surface area (Å²) < 4.78 is 22.0. The number of rotatable bonds is 4. The first kappa shape index (κ1) is 14.6. The van der Waals surface area contributed by atoms with Crippen LogP contribution < -0.4 is 0 Å². The van der Waals surface area contributed by atoms with E-state index in [0.29, 0.717) is 11.1 Å². The molecule has 0 aromatic carbocycles. The highest BCUT2D eigenvalue weighted by Crippen LogP contribution is 2.60. The zero-order chi connectivity index (χ0) is 15.6. The maximum absolute atomic E-state index is 10.7. The lowest BCUT2D eigenvalue weighted by atomic mass is 9.86. The van der Waals surface area contributed by atoms with Gasteiger partial charge in [0.05, 0.1) is 24.3 Å². The standard InChI is InChI=1S/C12H16NO7P/c1-11-3-4-12(2,20-11)8-7(11)9(14)13(10(8)15)5-6-19-21(16,17)18/h3-4,14-15H,5-6H2,1-2H3,(H2,16,17,18). The average Bonchev–Trinajstić information content (AvgIpc) is 2.87. The van der Waals surface area contributed by atoms with Crippen molar-refractivity contribution in [1.29, 1.82) is 0 Å². The number of aromatic hydroxyl groups is 2. The van der Waals surface area contributed by atoms with Crippen LogP contribution in [-0.2, 0) is 31.6 Å². The van der Waals surface area contributed by atoms with Crippen molar-refractivity contribution < 1.29 is 33.8 Å². The van der Waals surface area contributed by atoms with Crippen LogP contribution in [0.3, 0.4) is 0 Å². The van der Waals surface area contributed by atoms with Gasteiger partial charge in [0.1, 0.15) is 11.2 Å². The summed E-state index contributed by atoms with van der Waals surface area (Å²) in [6.45, 7) is 3.11. The highest BCUT2D eigenvalue weighted by atomic mass is 31.2. The maximum Gasteiger partial charge on any atom is 0.469 e. The Morgan fingerprint density at radius 1 is 1.19 bits per heavy atom. The number of hydrogen-bond donors (Lipinski definition) is 4. The van der Waals surface area contributed by atoms with E-state index < -0.39 is 19.0 Å². The van der Waals surface area contributed by atoms with Crippen molar-refractivity contribution in [3.8, 4) is 11.8 Å². The SMILES string of the molecule is CC12C=CC(C)(O1)c1c2c(O)n(CCOP(=O)(O)O)c1O. The summed E-state index contributed by atoms with van der Waals surface area (Å²) in [7, 11) is -4.58. The lowest BCUT2D eigenvalue weighted by molar-refractivity contribution is -0.0521. The van der Waals surface area contributed by atoms with Crippen LogP contribution in [-0.4, -0.2) is 31.2 Å². The molecule has 4 N–H and O–H groups in total. The number of nitrogens with zero attached hydrogens (tertiary/aromatic N) is 1. The van der Waals surface area contributed by atoms with Gasteiger partial charge >= 0.3 is 7.82 Å². The molecular weight excluding hydrogens is 301 g/mol. The molecule has 9 heteroatoms. The Hall–Kier alpha value is -1.31. The van der Waals surface area contributed by atoms with E-state index in [4.69, 9.17) is 14.5 Å². The normalized spacial score (nSPS) is 30.1. The van der Waals surface area contributed by atoms with Crippen LogP contribution >= 0.6 is 7.82 Å². The van der Waals surface area contributed by atoms with Crippen LogP contribution in [0.15, 0.2) is 12.2 Å². The van der Waals surface area contributed by atoms with Crippen molar-refractivity contribution in [2.24, 2.45) is 0 Å². The minimum atomic E-state index is -4.58. The lowest BCUT2D eigenvalue weighted by Gasteiger charge is -2.21. The Bertz CT molecular complexity index is 649. The number of phosphoric acid groups is 1. The van der Waals surface area contributed by atoms with Crippen LogP contribution in [0, 0.1) is 0 Å². The molecule has 0 spiro atoms. The maximum atomic E-state index is 10.7. The van der Waals surface area contributed by atoms with E-state index in [1.807, 2.05) is 12.2 Å².